The van der Waals surface area contributed by atoms with Crippen LogP contribution in [0.3, 0.4) is 0 Å². The monoisotopic (exact) mass is 1190 g/mol. The number of aromatic amines is 4. The predicted molar refractivity (Wildman–Crippen MR) is 251 cm³/mol. The van der Waals surface area contributed by atoms with Crippen LogP contribution in [-0.2, 0) is 54.6 Å². The molecule has 43 heteroatoms. The van der Waals surface area contributed by atoms with Crippen molar-refractivity contribution in [3.63, 3.8) is 0 Å². The number of tetrazole rings is 4. The van der Waals surface area contributed by atoms with Gasteiger partial charge in [-0.1, -0.05) is 27.1 Å². The normalized spacial score (nSPS) is 11.6. The number of halogens is 3. The van der Waals surface area contributed by atoms with Gasteiger partial charge in [-0.25, -0.2) is 19.2 Å². The van der Waals surface area contributed by atoms with Crippen LogP contribution in [0.1, 0.15) is 22.3 Å². The molecule has 0 unspecified atom stereocenters. The second-order valence-electron chi connectivity index (χ2n) is 14.7. The number of H-pyrrole nitrogens is 4. The molecule has 12 aromatic rings. The molecule has 79 heavy (non-hydrogen) atoms. The number of rotatable bonds is 16. The number of aromatic nitrogens is 28. The Morgan fingerprint density at radius 2 is 0.886 bits per heavy atom. The van der Waals surface area contributed by atoms with Crippen LogP contribution in [0.2, 0.25) is 10.8 Å². The van der Waals surface area contributed by atoms with Crippen LogP contribution in [0, 0.1) is 5.95 Å². The van der Waals surface area contributed by atoms with Gasteiger partial charge in [-0.05, 0) is 62.8 Å². The largest absolute Gasteiger partial charge is 0.471 e. The van der Waals surface area contributed by atoms with Crippen molar-refractivity contribution in [1.82, 2.24) is 141 Å². The van der Waals surface area contributed by atoms with E-state index in [1.165, 1.54) is 83.4 Å². The van der Waals surface area contributed by atoms with E-state index in [1.54, 1.807) is 0 Å². The van der Waals surface area contributed by atoms with Gasteiger partial charge >= 0.3 is 22.8 Å². The highest BCUT2D eigenvalue weighted by Gasteiger charge is 2.25. The smallest absolute Gasteiger partial charge is 0.370 e. The molecule has 4 N–H and O–H groups in total. The van der Waals surface area contributed by atoms with E-state index < -0.39 is 28.7 Å². The average Bonchev–Trinajstić information content (AvgIpc) is 4.29. The van der Waals surface area contributed by atoms with E-state index in [0.717, 1.165) is 57.8 Å². The first-order valence-electron chi connectivity index (χ1n) is 23.2. The van der Waals surface area contributed by atoms with Crippen LogP contribution in [0.5, 0.6) is 23.5 Å². The molecule has 0 saturated carbocycles. The molecule has 0 spiro atoms. The highest BCUT2D eigenvalue weighted by molar-refractivity contribution is 9.10. The molecular weight excluding hydrogens is 1150 g/mol. The summed E-state index contributed by atoms with van der Waals surface area (Å²) >= 11 is 9.11. The maximum Gasteiger partial charge on any atom is 0.370 e. The molecule has 0 radical (unpaired) electrons. The highest BCUT2D eigenvalue weighted by Crippen LogP contribution is 2.25. The molecule has 0 aromatic carbocycles. The summed E-state index contributed by atoms with van der Waals surface area (Å²) in [6.45, 7) is -0.263. The van der Waals surface area contributed by atoms with E-state index in [-0.39, 0.29) is 84.2 Å². The molecular formula is C36H33BrClFN28O12. The molecule has 0 fully saturated rings. The Bertz CT molecular complexity index is 4060. The molecule has 410 valence electrons. The Morgan fingerprint density at radius 3 is 1.30 bits per heavy atom. The number of hydrogen-bond donors (Lipinski definition) is 4. The second-order valence-corrected chi connectivity index (χ2v) is 15.9. The Hall–Kier alpha value is -10.9. The van der Waals surface area contributed by atoms with Crippen LogP contribution in [0.25, 0.3) is 23.5 Å². The van der Waals surface area contributed by atoms with E-state index in [0.29, 0.717) is 21.3 Å². The lowest BCUT2D eigenvalue weighted by molar-refractivity contribution is 0.286. The van der Waals surface area contributed by atoms with Crippen molar-refractivity contribution in [2.24, 2.45) is 28.2 Å². The second kappa shape index (κ2) is 23.7. The van der Waals surface area contributed by atoms with E-state index in [2.05, 4.69) is 98.7 Å². The van der Waals surface area contributed by atoms with Crippen molar-refractivity contribution < 1.29 is 47.1 Å². The Morgan fingerprint density at radius 1 is 0.519 bits per heavy atom. The zero-order valence-corrected chi connectivity index (χ0v) is 42.4. The zero-order chi connectivity index (χ0) is 59.1. The van der Waals surface area contributed by atoms with Gasteiger partial charge in [0, 0.05) is 77.2 Å². The number of ether oxygens (including phenoxy) is 4. The van der Waals surface area contributed by atoms with E-state index in [1.807, 2.05) is 0 Å². The summed E-state index contributed by atoms with van der Waals surface area (Å²) in [4.78, 5) is 47.1. The average molecular weight is 1190 g/mol. The van der Waals surface area contributed by atoms with Crippen LogP contribution in [-0.4, -0.2) is 141 Å². The van der Waals surface area contributed by atoms with Gasteiger partial charge in [0.05, 0.1) is 22.9 Å². The third-order valence-corrected chi connectivity index (χ3v) is 10.6. The lowest BCUT2D eigenvalue weighted by Crippen LogP contribution is -2.22. The number of hydrogen-bond acceptors (Lipinski definition) is 28. The van der Waals surface area contributed by atoms with Gasteiger partial charge in [-0.15, -0.1) is 39.1 Å². The van der Waals surface area contributed by atoms with Gasteiger partial charge in [0.1, 0.15) is 32.0 Å². The van der Waals surface area contributed by atoms with E-state index >= 15 is 0 Å². The third kappa shape index (κ3) is 12.0. The lowest BCUT2D eigenvalue weighted by atomic mass is 10.3. The maximum atomic E-state index is 13.6. The van der Waals surface area contributed by atoms with E-state index in [4.69, 9.17) is 54.3 Å². The van der Waals surface area contributed by atoms with Crippen molar-refractivity contribution >= 4 is 27.5 Å². The van der Waals surface area contributed by atoms with Gasteiger partial charge in [-0.3, -0.25) is 20.4 Å². The van der Waals surface area contributed by atoms with Crippen molar-refractivity contribution in [3.8, 4) is 47.1 Å². The van der Waals surface area contributed by atoms with Crippen molar-refractivity contribution in [2.45, 2.75) is 26.4 Å². The van der Waals surface area contributed by atoms with Crippen molar-refractivity contribution in [3.05, 3.63) is 135 Å². The SMILES string of the molecule is [3H]n1ccc(OCc2c(Br)noc2-n2nnn(C)c2=O)n1.[3H]n1ccc(OCc2c(Cl)noc2-n2nnn(C)c2=O)n1.[3H]n1ccc(OCc2c(F)noc2-n2nnn(C)c2=O)n1.[3H]n1ccc(OCc2cnoc2-n2nnn(C)c2=O)n1. The summed E-state index contributed by atoms with van der Waals surface area (Å²) in [5.74, 6) is -0.0391. The Balaban J connectivity index is 0.000000133. The molecule has 12 aromatic heterocycles. The van der Waals surface area contributed by atoms with E-state index in [9.17, 15) is 23.6 Å². The lowest BCUT2D eigenvalue weighted by Gasteiger charge is -2.01. The minimum absolute atomic E-state index is 0.0170. The first kappa shape index (κ1) is 47.8. The third-order valence-electron chi connectivity index (χ3n) is 9.67. The molecule has 0 saturated heterocycles. The molecule has 0 amide bonds. The maximum absolute atomic E-state index is 13.6. The molecule has 12 heterocycles. The molecule has 40 nitrogen and oxygen atoms in total. The summed E-state index contributed by atoms with van der Waals surface area (Å²) in [6, 6.07) is 5.99. The van der Waals surface area contributed by atoms with Crippen LogP contribution >= 0.6 is 27.5 Å². The van der Waals surface area contributed by atoms with Crippen molar-refractivity contribution in [2.75, 3.05) is 0 Å². The summed E-state index contributed by atoms with van der Waals surface area (Å²) < 4.78 is 91.7. The summed E-state index contributed by atoms with van der Waals surface area (Å²) in [5.41, 5.74) is -0.892. The molecule has 12 rings (SSSR count). The predicted octanol–water partition coefficient (Wildman–Crippen LogP) is -1.42. The number of aryl methyl sites for hydroxylation is 4. The number of nitrogens with one attached hydrogen (secondary N) is 4. The topological polar surface area (TPSA) is 467 Å². The Kier molecular flexibility index (Phi) is 14.3. The highest BCUT2D eigenvalue weighted by atomic mass is 79.9. The first-order valence-corrected chi connectivity index (χ1v) is 22.5. The molecule has 0 atom stereocenters. The first-order chi connectivity index (χ1) is 39.8. The van der Waals surface area contributed by atoms with Gasteiger partial charge in [0.15, 0.2) is 15.4 Å². The van der Waals surface area contributed by atoms with Gasteiger partial charge in [0.2, 0.25) is 23.5 Å². The zero-order valence-electron chi connectivity index (χ0n) is 44.1. The van der Waals surface area contributed by atoms with Gasteiger partial charge < -0.3 is 37.0 Å². The molecule has 0 aliphatic carbocycles. The summed E-state index contributed by atoms with van der Waals surface area (Å²) in [7, 11) is 5.77. The molecule has 0 bridgehead atoms. The van der Waals surface area contributed by atoms with Gasteiger partial charge in [-0.2, -0.15) is 23.1 Å². The van der Waals surface area contributed by atoms with Crippen LogP contribution in [0.15, 0.2) is 97.1 Å². The minimum Gasteiger partial charge on any atom is -0.471 e. The van der Waals surface area contributed by atoms with Gasteiger partial charge in [0.25, 0.3) is 29.5 Å². The summed E-state index contributed by atoms with van der Waals surface area (Å²) in [6.07, 6.45) is 7.00. The Labute approximate surface area is 451 Å². The molecule has 0 aliphatic heterocycles. The fourth-order valence-corrected chi connectivity index (χ4v) is 6.31. The fourth-order valence-electron chi connectivity index (χ4n) is 5.78. The summed E-state index contributed by atoms with van der Waals surface area (Å²) in [5, 5.41) is 61.1. The van der Waals surface area contributed by atoms with Crippen molar-refractivity contribution in [1.29, 1.82) is 0 Å². The quantitative estimate of drug-likeness (QED) is 0.0862. The fraction of sp³-hybridized carbons (Fsp3) is 0.222. The van der Waals surface area contributed by atoms with Crippen LogP contribution < -0.4 is 41.7 Å². The van der Waals surface area contributed by atoms with Crippen LogP contribution in [0.4, 0.5) is 4.39 Å². The minimum atomic E-state index is -0.937. The molecule has 0 aliphatic rings. The number of nitrogens with zero attached hydrogens (tertiary/aromatic N) is 24. The standard InChI is InChI=1S/C9H8BrN7O3.C9H8ClN7O3.C9H8FN7O3.C9H9N7O3/c3*1-16-9(18)17(15-14-16)8-5(7(10)13-20-8)4-19-6-2-3-11-12-6;1-15-9(17)16(14-13-15)8-6(4-11-19-8)5-18-7-2-3-10-12-7/h3*2-3H,4H2,1H3,(H,11,12);2-4H,5H2,1H3,(H,10,12)/i/hT4.